The number of hydrogen-bond acceptors (Lipinski definition) is 4. The van der Waals surface area contributed by atoms with Crippen molar-refractivity contribution in [1.82, 2.24) is 14.9 Å². The summed E-state index contributed by atoms with van der Waals surface area (Å²) in [4.78, 5) is 12.5. The number of rotatable bonds is 1. The van der Waals surface area contributed by atoms with Crippen molar-refractivity contribution in [3.8, 4) is 0 Å². The molecule has 1 aliphatic heterocycles. The molecule has 0 saturated heterocycles. The van der Waals surface area contributed by atoms with Crippen molar-refractivity contribution >= 4 is 5.69 Å². The summed E-state index contributed by atoms with van der Waals surface area (Å²) in [5.41, 5.74) is 1.03. The molecular formula is C9H12N4. The van der Waals surface area contributed by atoms with Gasteiger partial charge in [-0.25, -0.2) is 9.97 Å². The van der Waals surface area contributed by atoms with E-state index in [9.17, 15) is 0 Å². The molecule has 13 heavy (non-hydrogen) atoms. The number of nitrogens with zero attached hydrogens (tertiary/aromatic N) is 4. The van der Waals surface area contributed by atoms with E-state index in [1.807, 2.05) is 38.8 Å². The molecule has 68 valence electrons. The predicted octanol–water partition coefficient (Wildman–Crippen LogP) is 0.966. The molecule has 0 radical (unpaired) electrons. The fourth-order valence-corrected chi connectivity index (χ4v) is 1.23. The van der Waals surface area contributed by atoms with Crippen LogP contribution < -0.4 is 4.90 Å². The Hall–Kier alpha value is -1.58. The summed E-state index contributed by atoms with van der Waals surface area (Å²) in [5.74, 6) is 0.806. The topological polar surface area (TPSA) is 32.3 Å². The zero-order valence-corrected chi connectivity index (χ0v) is 7.81. The third kappa shape index (κ3) is 1.61. The first kappa shape index (κ1) is 8.04. The van der Waals surface area contributed by atoms with Gasteiger partial charge in [0.1, 0.15) is 5.82 Å². The van der Waals surface area contributed by atoms with Gasteiger partial charge in [-0.05, 0) is 6.92 Å². The van der Waals surface area contributed by atoms with Crippen molar-refractivity contribution in [3.63, 3.8) is 0 Å². The monoisotopic (exact) mass is 176 g/mol. The second-order valence-corrected chi connectivity index (χ2v) is 3.15. The van der Waals surface area contributed by atoms with Gasteiger partial charge in [-0.15, -0.1) is 0 Å². The van der Waals surface area contributed by atoms with Crippen LogP contribution >= 0.6 is 0 Å². The molecule has 0 fully saturated rings. The standard InChI is InChI=1S/C9H12N4/c1-8-10-5-9(6-11-8)13-4-3-12(2)7-13/h3-6H,7H2,1-2H3. The molecule has 2 heterocycles. The minimum Gasteiger partial charge on any atom is -0.361 e. The highest BCUT2D eigenvalue weighted by atomic mass is 15.3. The van der Waals surface area contributed by atoms with E-state index in [4.69, 9.17) is 0 Å². The van der Waals surface area contributed by atoms with Gasteiger partial charge in [0.25, 0.3) is 0 Å². The minimum absolute atomic E-state index is 0.806. The first-order chi connectivity index (χ1) is 6.25. The Balaban J connectivity index is 2.18. The lowest BCUT2D eigenvalue weighted by atomic mass is 10.5. The molecule has 1 aromatic rings. The quantitative estimate of drug-likeness (QED) is 0.638. The molecule has 2 rings (SSSR count). The number of aryl methyl sites for hydroxylation is 1. The van der Waals surface area contributed by atoms with Crippen molar-refractivity contribution < 1.29 is 0 Å². The maximum atomic E-state index is 4.14. The molecule has 1 aliphatic rings. The lowest BCUT2D eigenvalue weighted by Gasteiger charge is -2.17. The lowest BCUT2D eigenvalue weighted by Crippen LogP contribution is -2.21. The average molecular weight is 176 g/mol. The molecule has 0 aromatic carbocycles. The van der Waals surface area contributed by atoms with Crippen molar-refractivity contribution in [3.05, 3.63) is 30.6 Å². The van der Waals surface area contributed by atoms with Gasteiger partial charge in [-0.1, -0.05) is 0 Å². The molecule has 0 aliphatic carbocycles. The van der Waals surface area contributed by atoms with Crippen LogP contribution in [-0.4, -0.2) is 28.6 Å². The molecule has 4 heteroatoms. The molecule has 0 amide bonds. The van der Waals surface area contributed by atoms with Gasteiger partial charge in [-0.3, -0.25) is 0 Å². The Labute approximate surface area is 77.5 Å². The highest BCUT2D eigenvalue weighted by molar-refractivity contribution is 5.46. The molecule has 0 spiro atoms. The Morgan fingerprint density at radius 1 is 1.23 bits per heavy atom. The van der Waals surface area contributed by atoms with Gasteiger partial charge in [0.15, 0.2) is 0 Å². The van der Waals surface area contributed by atoms with Crippen LogP contribution in [0.1, 0.15) is 5.82 Å². The third-order valence-corrected chi connectivity index (χ3v) is 1.98. The summed E-state index contributed by atoms with van der Waals surface area (Å²) in [6, 6.07) is 0. The van der Waals surface area contributed by atoms with E-state index in [-0.39, 0.29) is 0 Å². The van der Waals surface area contributed by atoms with Gasteiger partial charge >= 0.3 is 0 Å². The van der Waals surface area contributed by atoms with E-state index in [1.54, 1.807) is 0 Å². The van der Waals surface area contributed by atoms with Gasteiger partial charge < -0.3 is 9.80 Å². The molecule has 0 N–H and O–H groups in total. The van der Waals surface area contributed by atoms with Crippen LogP contribution in [0.15, 0.2) is 24.8 Å². The van der Waals surface area contributed by atoms with Gasteiger partial charge in [0, 0.05) is 19.4 Å². The van der Waals surface area contributed by atoms with E-state index in [0.29, 0.717) is 0 Å². The zero-order chi connectivity index (χ0) is 9.26. The highest BCUT2D eigenvalue weighted by Crippen LogP contribution is 2.15. The molecule has 0 atom stereocenters. The van der Waals surface area contributed by atoms with Gasteiger partial charge in [0.05, 0.1) is 24.7 Å². The second-order valence-electron chi connectivity index (χ2n) is 3.15. The first-order valence-electron chi connectivity index (χ1n) is 4.19. The smallest absolute Gasteiger partial charge is 0.125 e. The molecule has 0 bridgehead atoms. The fraction of sp³-hybridized carbons (Fsp3) is 0.333. The molecule has 0 saturated carbocycles. The Bertz CT molecular complexity index is 317. The summed E-state index contributed by atoms with van der Waals surface area (Å²) < 4.78 is 0. The normalized spacial score (nSPS) is 15.5. The van der Waals surface area contributed by atoms with Crippen molar-refractivity contribution in [1.29, 1.82) is 0 Å². The maximum Gasteiger partial charge on any atom is 0.125 e. The Kier molecular flexibility index (Phi) is 1.88. The molecular weight excluding hydrogens is 164 g/mol. The van der Waals surface area contributed by atoms with E-state index in [1.165, 1.54) is 0 Å². The van der Waals surface area contributed by atoms with Crippen LogP contribution in [-0.2, 0) is 0 Å². The van der Waals surface area contributed by atoms with E-state index >= 15 is 0 Å². The van der Waals surface area contributed by atoms with Crippen molar-refractivity contribution in [2.75, 3.05) is 18.6 Å². The van der Waals surface area contributed by atoms with Crippen molar-refractivity contribution in [2.24, 2.45) is 0 Å². The minimum atomic E-state index is 0.806. The second kappa shape index (κ2) is 3.05. The largest absolute Gasteiger partial charge is 0.361 e. The van der Waals surface area contributed by atoms with Gasteiger partial charge in [-0.2, -0.15) is 0 Å². The van der Waals surface area contributed by atoms with Crippen LogP contribution in [0.25, 0.3) is 0 Å². The van der Waals surface area contributed by atoms with E-state index < -0.39 is 0 Å². The first-order valence-corrected chi connectivity index (χ1v) is 4.19. The average Bonchev–Trinajstić information content (AvgIpc) is 2.53. The van der Waals surface area contributed by atoms with E-state index in [0.717, 1.165) is 18.2 Å². The Morgan fingerprint density at radius 3 is 2.46 bits per heavy atom. The predicted molar refractivity (Wildman–Crippen MR) is 51.0 cm³/mol. The SMILES string of the molecule is Cc1ncc(N2C=CN(C)C2)cn1. The highest BCUT2D eigenvalue weighted by Gasteiger charge is 2.10. The van der Waals surface area contributed by atoms with Crippen LogP contribution in [0.3, 0.4) is 0 Å². The summed E-state index contributed by atoms with van der Waals surface area (Å²) in [5, 5.41) is 0. The van der Waals surface area contributed by atoms with Crippen molar-refractivity contribution in [2.45, 2.75) is 6.92 Å². The summed E-state index contributed by atoms with van der Waals surface area (Å²) >= 11 is 0. The lowest BCUT2D eigenvalue weighted by molar-refractivity contribution is 0.495. The molecule has 4 nitrogen and oxygen atoms in total. The third-order valence-electron chi connectivity index (χ3n) is 1.98. The summed E-state index contributed by atoms with van der Waals surface area (Å²) in [6.45, 7) is 2.75. The Morgan fingerprint density at radius 2 is 1.92 bits per heavy atom. The van der Waals surface area contributed by atoms with Crippen LogP contribution in [0, 0.1) is 6.92 Å². The number of anilines is 1. The number of hydrogen-bond donors (Lipinski definition) is 0. The van der Waals surface area contributed by atoms with Crippen LogP contribution in [0.2, 0.25) is 0 Å². The van der Waals surface area contributed by atoms with Gasteiger partial charge in [0.2, 0.25) is 0 Å². The summed E-state index contributed by atoms with van der Waals surface area (Å²) in [7, 11) is 2.03. The summed E-state index contributed by atoms with van der Waals surface area (Å²) in [6.07, 6.45) is 7.73. The maximum absolute atomic E-state index is 4.14. The van der Waals surface area contributed by atoms with Crippen LogP contribution in [0.4, 0.5) is 5.69 Å². The fourth-order valence-electron chi connectivity index (χ4n) is 1.23. The number of aromatic nitrogens is 2. The van der Waals surface area contributed by atoms with E-state index in [2.05, 4.69) is 19.8 Å². The molecule has 0 unspecified atom stereocenters. The van der Waals surface area contributed by atoms with Crippen LogP contribution in [0.5, 0.6) is 0 Å². The molecule has 1 aromatic heterocycles. The zero-order valence-electron chi connectivity index (χ0n) is 7.81.